The van der Waals surface area contributed by atoms with Crippen LogP contribution in [0.5, 0.6) is 0 Å². The van der Waals surface area contributed by atoms with Crippen molar-refractivity contribution in [1.82, 2.24) is 25.4 Å². The molecule has 2 fully saturated rings. The van der Waals surface area contributed by atoms with Crippen LogP contribution in [-0.2, 0) is 7.05 Å². The largest absolute Gasteiger partial charge is 0.357 e. The van der Waals surface area contributed by atoms with Crippen molar-refractivity contribution in [2.24, 2.45) is 7.05 Å². The van der Waals surface area contributed by atoms with Crippen molar-refractivity contribution < 1.29 is 4.79 Å². The fourth-order valence-electron chi connectivity index (χ4n) is 3.06. The first-order chi connectivity index (χ1) is 11.7. The molecule has 0 atom stereocenters. The fourth-order valence-corrected chi connectivity index (χ4v) is 3.06. The fraction of sp³-hybridized carbons (Fsp3) is 0.588. The van der Waals surface area contributed by atoms with E-state index in [-0.39, 0.29) is 11.9 Å². The molecule has 0 aromatic carbocycles. The maximum atomic E-state index is 12.6. The first-order valence-electron chi connectivity index (χ1n) is 8.72. The molecular weight excluding hydrogens is 304 g/mol. The molecule has 24 heavy (non-hydrogen) atoms. The molecule has 1 aromatic heterocycles. The van der Waals surface area contributed by atoms with Crippen LogP contribution >= 0.6 is 0 Å². The first-order valence-corrected chi connectivity index (χ1v) is 8.72. The molecule has 130 valence electrons. The highest BCUT2D eigenvalue weighted by atomic mass is 16.1. The Balaban J connectivity index is 1.83. The normalized spacial score (nSPS) is 18.3. The first kappa shape index (κ1) is 16.7. The summed E-state index contributed by atoms with van der Waals surface area (Å²) in [5, 5.41) is 10.7. The minimum absolute atomic E-state index is 0.106. The molecule has 2 aliphatic rings. The van der Waals surface area contributed by atoms with Gasteiger partial charge in [-0.15, -0.1) is 0 Å². The third-order valence-corrected chi connectivity index (χ3v) is 4.52. The van der Waals surface area contributed by atoms with Gasteiger partial charge in [0.1, 0.15) is 5.82 Å². The van der Waals surface area contributed by atoms with Gasteiger partial charge >= 0.3 is 0 Å². The number of aromatic nitrogens is 3. The van der Waals surface area contributed by atoms with Gasteiger partial charge in [0, 0.05) is 38.6 Å². The van der Waals surface area contributed by atoms with Crippen molar-refractivity contribution in [3.8, 4) is 0 Å². The van der Waals surface area contributed by atoms with Gasteiger partial charge in [0.05, 0.1) is 11.8 Å². The number of aryl methyl sites for hydroxylation is 1. The Morgan fingerprint density at radius 3 is 2.75 bits per heavy atom. The van der Waals surface area contributed by atoms with Crippen LogP contribution in [0.3, 0.4) is 0 Å². The van der Waals surface area contributed by atoms with Gasteiger partial charge in [-0.05, 0) is 44.8 Å². The number of nitrogens with zero attached hydrogens (tertiary/aromatic N) is 4. The molecule has 7 heteroatoms. The summed E-state index contributed by atoms with van der Waals surface area (Å²) in [6.07, 6.45) is 9.38. The molecule has 2 N–H and O–H groups in total. The van der Waals surface area contributed by atoms with E-state index < -0.39 is 0 Å². The summed E-state index contributed by atoms with van der Waals surface area (Å²) in [7, 11) is 1.85. The molecule has 0 aliphatic carbocycles. The van der Waals surface area contributed by atoms with Crippen LogP contribution in [-0.4, -0.2) is 52.9 Å². The summed E-state index contributed by atoms with van der Waals surface area (Å²) in [5.74, 6) is 0.780. The van der Waals surface area contributed by atoms with Crippen LogP contribution in [0.4, 0.5) is 5.82 Å². The Morgan fingerprint density at radius 1 is 1.25 bits per heavy atom. The van der Waals surface area contributed by atoms with Crippen LogP contribution in [0.2, 0.25) is 0 Å². The summed E-state index contributed by atoms with van der Waals surface area (Å²) in [6, 6.07) is 2.17. The average Bonchev–Trinajstić information content (AvgIpc) is 3.13. The van der Waals surface area contributed by atoms with Crippen molar-refractivity contribution >= 4 is 11.7 Å². The number of hydrogen-bond acceptors (Lipinski definition) is 5. The summed E-state index contributed by atoms with van der Waals surface area (Å²) in [6.45, 7) is 3.92. The molecule has 1 amide bonds. The average molecular weight is 330 g/mol. The van der Waals surface area contributed by atoms with E-state index in [0.717, 1.165) is 44.8 Å². The summed E-state index contributed by atoms with van der Waals surface area (Å²) < 4.78 is 1.70. The van der Waals surface area contributed by atoms with Crippen LogP contribution in [0.25, 0.3) is 0 Å². The van der Waals surface area contributed by atoms with E-state index in [9.17, 15) is 4.79 Å². The number of anilines is 1. The van der Waals surface area contributed by atoms with Gasteiger partial charge in [0.25, 0.3) is 5.91 Å². The standard InChI is InChI=1S/C17H26N6O/c1-22-11-6-16(23-9-2-3-10-23)19-12-14(13-20-22)17(24)21-15-4-7-18-8-5-15/h6,11-13,15,18H,2-5,7-10H2,1H3,(H,21,24). The predicted molar refractivity (Wildman–Crippen MR) is 93.4 cm³/mol. The van der Waals surface area contributed by atoms with Crippen LogP contribution < -0.4 is 15.5 Å². The van der Waals surface area contributed by atoms with E-state index in [4.69, 9.17) is 0 Å². The predicted octanol–water partition coefficient (Wildman–Crippen LogP) is 1.02. The smallest absolute Gasteiger partial charge is 0.254 e. The Labute approximate surface area is 142 Å². The zero-order valence-electron chi connectivity index (χ0n) is 14.2. The minimum atomic E-state index is -0.106. The van der Waals surface area contributed by atoms with Gasteiger partial charge in [-0.1, -0.05) is 0 Å². The van der Waals surface area contributed by atoms with Gasteiger partial charge in [-0.3, -0.25) is 9.48 Å². The van der Waals surface area contributed by atoms with E-state index in [0.29, 0.717) is 5.56 Å². The number of carbonyl (C=O) groups excluding carboxylic acids is 1. The summed E-state index contributed by atoms with van der Waals surface area (Å²) in [4.78, 5) is 19.4. The van der Waals surface area contributed by atoms with E-state index in [1.807, 2.05) is 19.3 Å². The number of hydrogen-bond donors (Lipinski definition) is 2. The number of piperidine rings is 1. The second-order valence-electron chi connectivity index (χ2n) is 6.40. The van der Waals surface area contributed by atoms with Crippen molar-refractivity contribution in [2.45, 2.75) is 31.7 Å². The van der Waals surface area contributed by atoms with Gasteiger partial charge in [-0.25, -0.2) is 4.98 Å². The molecule has 7 nitrogen and oxygen atoms in total. The molecular formula is C17H26N6O. The number of rotatable bonds is 3. The third kappa shape index (κ3) is 4.44. The van der Waals surface area contributed by atoms with Crippen molar-refractivity contribution in [2.75, 3.05) is 31.1 Å². The molecule has 2 saturated heterocycles. The maximum Gasteiger partial charge on any atom is 0.254 e. The molecule has 0 unspecified atom stereocenters. The Morgan fingerprint density at radius 2 is 2.00 bits per heavy atom. The highest BCUT2D eigenvalue weighted by molar-refractivity contribution is 5.93. The van der Waals surface area contributed by atoms with E-state index in [1.165, 1.54) is 12.8 Å². The van der Waals surface area contributed by atoms with Crippen molar-refractivity contribution in [1.29, 1.82) is 0 Å². The zero-order chi connectivity index (χ0) is 16.8. The highest BCUT2D eigenvalue weighted by Gasteiger charge is 2.17. The molecule has 0 spiro atoms. The van der Waals surface area contributed by atoms with E-state index >= 15 is 0 Å². The monoisotopic (exact) mass is 330 g/mol. The van der Waals surface area contributed by atoms with Crippen molar-refractivity contribution in [3.05, 3.63) is 30.2 Å². The number of nitrogens with one attached hydrogen (secondary N) is 2. The quantitative estimate of drug-likeness (QED) is 0.865. The van der Waals surface area contributed by atoms with Crippen molar-refractivity contribution in [3.63, 3.8) is 0 Å². The van der Waals surface area contributed by atoms with Gasteiger partial charge < -0.3 is 15.5 Å². The minimum Gasteiger partial charge on any atom is -0.357 e. The Bertz CT molecular complexity index is 615. The van der Waals surface area contributed by atoms with Crippen LogP contribution in [0, 0.1) is 0 Å². The second kappa shape index (κ2) is 8.10. The lowest BCUT2D eigenvalue weighted by atomic mass is 10.1. The topological polar surface area (TPSA) is 75.1 Å². The van der Waals surface area contributed by atoms with Gasteiger partial charge in [0.2, 0.25) is 0 Å². The van der Waals surface area contributed by atoms with Crippen LogP contribution in [0.15, 0.2) is 24.7 Å². The summed E-state index contributed by atoms with van der Waals surface area (Å²) >= 11 is 0. The zero-order valence-corrected chi connectivity index (χ0v) is 14.2. The molecule has 2 aliphatic heterocycles. The van der Waals surface area contributed by atoms with Gasteiger partial charge in [0.15, 0.2) is 0 Å². The third-order valence-electron chi connectivity index (χ3n) is 4.52. The molecule has 3 rings (SSSR count). The molecule has 0 radical (unpaired) electrons. The summed E-state index contributed by atoms with van der Waals surface area (Å²) in [5.41, 5.74) is 0.487. The molecule has 0 bridgehead atoms. The van der Waals surface area contributed by atoms with Gasteiger partial charge in [-0.2, -0.15) is 5.10 Å². The second-order valence-corrected chi connectivity index (χ2v) is 6.40. The Kier molecular flexibility index (Phi) is 5.63. The SMILES string of the molecule is Cn1ccc(N2CCCC2)ncc(C(=O)NC2CCNCC2)cn1. The van der Waals surface area contributed by atoms with Crippen LogP contribution in [0.1, 0.15) is 36.0 Å². The molecule has 3 heterocycles. The van der Waals surface area contributed by atoms with E-state index in [2.05, 4.69) is 25.6 Å². The molecule has 0 saturated carbocycles. The lowest BCUT2D eigenvalue weighted by Crippen LogP contribution is -2.42. The Hall–Kier alpha value is -2.15. The maximum absolute atomic E-state index is 12.6. The lowest BCUT2D eigenvalue weighted by molar-refractivity contribution is 0.0929. The lowest BCUT2D eigenvalue weighted by Gasteiger charge is -2.23. The van der Waals surface area contributed by atoms with E-state index in [1.54, 1.807) is 17.1 Å². The number of carbonyl (C=O) groups is 1. The highest BCUT2D eigenvalue weighted by Crippen LogP contribution is 2.15. The molecule has 1 aromatic rings. The number of amides is 1.